The van der Waals surface area contributed by atoms with Gasteiger partial charge in [0.05, 0.1) is 26.8 Å². The predicted molar refractivity (Wildman–Crippen MR) is 139 cm³/mol. The van der Waals surface area contributed by atoms with Gasteiger partial charge in [0.2, 0.25) is 0 Å². The Morgan fingerprint density at radius 2 is 1.94 bits per heavy atom. The summed E-state index contributed by atoms with van der Waals surface area (Å²) >= 11 is 8.08. The first-order chi connectivity index (χ1) is 16.9. The number of rotatable bonds is 7. The molecule has 0 N–H and O–H groups in total. The Morgan fingerprint density at radius 3 is 2.53 bits per heavy atom. The summed E-state index contributed by atoms with van der Waals surface area (Å²) in [4.78, 5) is 37.0. The third kappa shape index (κ3) is 5.15. The first-order valence-corrected chi connectivity index (χ1v) is 12.8. The fourth-order valence-electron chi connectivity index (χ4n) is 3.74. The molecule has 2 aromatic heterocycles. The van der Waals surface area contributed by atoms with E-state index < -0.39 is 22.6 Å². The molecule has 11 heteroatoms. The molecule has 1 aliphatic carbocycles. The maximum absolute atomic E-state index is 13.7. The van der Waals surface area contributed by atoms with Gasteiger partial charge in [-0.3, -0.25) is 9.36 Å². The van der Waals surface area contributed by atoms with Crippen molar-refractivity contribution in [3.63, 3.8) is 0 Å². The second kappa shape index (κ2) is 9.55. The summed E-state index contributed by atoms with van der Waals surface area (Å²) in [6.45, 7) is 7.50. The van der Waals surface area contributed by atoms with Gasteiger partial charge < -0.3 is 19.1 Å². The van der Waals surface area contributed by atoms with E-state index in [1.807, 2.05) is 39.8 Å². The summed E-state index contributed by atoms with van der Waals surface area (Å²) in [6, 6.07) is 5.03. The first-order valence-electron chi connectivity index (χ1n) is 11.6. The zero-order valence-corrected chi connectivity index (χ0v) is 23.1. The highest BCUT2D eigenvalue weighted by molar-refractivity contribution is 7.18. The van der Waals surface area contributed by atoms with E-state index in [4.69, 9.17) is 30.8 Å². The van der Waals surface area contributed by atoms with E-state index >= 15 is 0 Å². The van der Waals surface area contributed by atoms with Crippen LogP contribution in [0.3, 0.4) is 0 Å². The number of hydrogen-bond acceptors (Lipinski definition) is 8. The molecule has 0 radical (unpaired) electrons. The average Bonchev–Trinajstić information content (AvgIpc) is 3.42. The van der Waals surface area contributed by atoms with Gasteiger partial charge in [0.15, 0.2) is 10.3 Å². The van der Waals surface area contributed by atoms with Crippen molar-refractivity contribution in [1.29, 1.82) is 0 Å². The smallest absolute Gasteiger partial charge is 0.410 e. The second-order valence-electron chi connectivity index (χ2n) is 9.94. The number of nitrogens with zero attached hydrogens (tertiary/aromatic N) is 4. The summed E-state index contributed by atoms with van der Waals surface area (Å²) < 4.78 is 17.9. The molecule has 0 unspecified atom stereocenters. The number of ether oxygens (including phenoxy) is 3. The lowest BCUT2D eigenvalue weighted by molar-refractivity contribution is 0.0233. The number of halogens is 1. The van der Waals surface area contributed by atoms with Gasteiger partial charge in [-0.1, -0.05) is 11.3 Å². The molecule has 1 aliphatic rings. The number of benzene rings is 1. The van der Waals surface area contributed by atoms with Gasteiger partial charge in [0, 0.05) is 18.7 Å². The Kier molecular flexibility index (Phi) is 6.96. The minimum absolute atomic E-state index is 0.221. The lowest BCUT2D eigenvalue weighted by Gasteiger charge is -2.27. The molecule has 0 spiro atoms. The number of fused-ring (bicyclic) bond motifs is 1. The van der Waals surface area contributed by atoms with Crippen molar-refractivity contribution < 1.29 is 19.0 Å². The molecule has 0 saturated heterocycles. The Morgan fingerprint density at radius 1 is 1.25 bits per heavy atom. The number of methoxy groups -OCH3 is 2. The number of thiazole rings is 1. The topological polar surface area (TPSA) is 95.8 Å². The van der Waals surface area contributed by atoms with E-state index in [1.54, 1.807) is 31.9 Å². The van der Waals surface area contributed by atoms with Crippen LogP contribution in [0, 0.1) is 0 Å². The third-order valence-electron chi connectivity index (χ3n) is 6.07. The minimum atomic E-state index is -0.684. The maximum atomic E-state index is 13.7. The molecule has 2 heterocycles. The monoisotopic (exact) mass is 534 g/mol. The van der Waals surface area contributed by atoms with Gasteiger partial charge in [0.25, 0.3) is 5.56 Å². The van der Waals surface area contributed by atoms with E-state index in [1.165, 1.54) is 16.2 Å². The van der Waals surface area contributed by atoms with Gasteiger partial charge in [0.1, 0.15) is 32.8 Å². The number of amides is 1. The molecule has 0 bridgehead atoms. The van der Waals surface area contributed by atoms with Crippen molar-refractivity contribution in [3.8, 4) is 11.5 Å². The van der Waals surface area contributed by atoms with E-state index in [0.29, 0.717) is 27.2 Å². The van der Waals surface area contributed by atoms with Crippen molar-refractivity contribution in [2.75, 3.05) is 21.3 Å². The number of alkyl halides is 1. The van der Waals surface area contributed by atoms with Crippen LogP contribution < -0.4 is 15.0 Å². The van der Waals surface area contributed by atoms with Crippen LogP contribution in [0.15, 0.2) is 23.0 Å². The molecule has 1 aromatic carbocycles. The summed E-state index contributed by atoms with van der Waals surface area (Å²) in [6.07, 6.45) is 0.996. The van der Waals surface area contributed by atoms with Crippen LogP contribution in [0.5, 0.6) is 11.5 Å². The van der Waals surface area contributed by atoms with Gasteiger partial charge in [-0.2, -0.15) is 0 Å². The molecule has 1 fully saturated rings. The van der Waals surface area contributed by atoms with E-state index in [-0.39, 0.29) is 17.6 Å². The number of aromatic nitrogens is 3. The Labute approximate surface area is 219 Å². The molecule has 4 rings (SSSR count). The average molecular weight is 535 g/mol. The molecular formula is C25H31ClN4O5S. The number of carbonyl (C=O) groups excluding carboxylic acids is 1. The molecular weight excluding hydrogens is 504 g/mol. The number of hydrogen-bond donors (Lipinski definition) is 0. The lowest BCUT2D eigenvalue weighted by Crippen LogP contribution is -2.35. The highest BCUT2D eigenvalue weighted by atomic mass is 35.5. The quantitative estimate of drug-likeness (QED) is 0.390. The highest BCUT2D eigenvalue weighted by Crippen LogP contribution is 2.51. The van der Waals surface area contributed by atoms with Gasteiger partial charge in [-0.15, -0.1) is 11.6 Å². The Hall–Kier alpha value is -2.85. The zero-order chi connectivity index (χ0) is 26.4. The summed E-state index contributed by atoms with van der Waals surface area (Å²) in [5.41, 5.74) is 0.132. The normalized spacial score (nSPS) is 15.4. The van der Waals surface area contributed by atoms with Crippen molar-refractivity contribution in [2.45, 2.75) is 63.6 Å². The largest absolute Gasteiger partial charge is 0.497 e. The van der Waals surface area contributed by atoms with Gasteiger partial charge in [-0.25, -0.2) is 14.8 Å². The van der Waals surface area contributed by atoms with Crippen molar-refractivity contribution in [2.24, 2.45) is 0 Å². The Bertz CT molecular complexity index is 1360. The number of carbonyl (C=O) groups is 1. The molecule has 194 valence electrons. The minimum Gasteiger partial charge on any atom is -0.497 e. The van der Waals surface area contributed by atoms with Crippen LogP contribution in [0.4, 0.5) is 4.79 Å². The molecule has 1 amide bonds. The van der Waals surface area contributed by atoms with Crippen LogP contribution in [0.1, 0.15) is 63.0 Å². The maximum Gasteiger partial charge on any atom is 0.410 e. The Balaban J connectivity index is 1.76. The van der Waals surface area contributed by atoms with Crippen molar-refractivity contribution >= 4 is 39.4 Å². The zero-order valence-electron chi connectivity index (χ0n) is 21.5. The summed E-state index contributed by atoms with van der Waals surface area (Å²) in [5.74, 6) is 1.76. The van der Waals surface area contributed by atoms with Crippen LogP contribution >= 0.6 is 22.9 Å². The molecule has 3 aromatic rings. The fourth-order valence-corrected chi connectivity index (χ4v) is 5.00. The third-order valence-corrected chi connectivity index (χ3v) is 7.74. The van der Waals surface area contributed by atoms with E-state index in [9.17, 15) is 9.59 Å². The molecule has 36 heavy (non-hydrogen) atoms. The predicted octanol–water partition coefficient (Wildman–Crippen LogP) is 5.07. The van der Waals surface area contributed by atoms with Crippen molar-refractivity contribution in [1.82, 2.24) is 19.4 Å². The molecule has 1 saturated carbocycles. The molecule has 1 atom stereocenters. The summed E-state index contributed by atoms with van der Waals surface area (Å²) in [7, 11) is 4.80. The SMILES string of the molecule is COc1ccc(Cn2c(C3(Cl)CC3)nc3sc([C@@H](C)N(C)C(=O)OC(C)(C)C)nc3c2=O)c(OC)c1. The second-order valence-corrected chi connectivity index (χ2v) is 11.7. The van der Waals surface area contributed by atoms with Crippen LogP contribution in [-0.2, 0) is 16.2 Å². The van der Waals surface area contributed by atoms with Gasteiger partial charge in [-0.05, 0) is 52.7 Å². The van der Waals surface area contributed by atoms with E-state index in [0.717, 1.165) is 18.4 Å². The van der Waals surface area contributed by atoms with Crippen LogP contribution in [-0.4, -0.2) is 52.4 Å². The van der Waals surface area contributed by atoms with Crippen LogP contribution in [0.25, 0.3) is 10.3 Å². The standard InChI is InChI=1S/C25H31ClN4O5S/c1-14(29(5)23(32)35-24(2,3)4)19-27-18-20(36-19)28-22(25(26)10-11-25)30(21(18)31)13-15-8-9-16(33-6)12-17(15)34-7/h8-9,12,14H,10-11,13H2,1-7H3/t14-/m1/s1. The van der Waals surface area contributed by atoms with Crippen molar-refractivity contribution in [3.05, 3.63) is 44.9 Å². The van der Waals surface area contributed by atoms with E-state index in [2.05, 4.69) is 4.98 Å². The molecule has 0 aliphatic heterocycles. The molecule has 9 nitrogen and oxygen atoms in total. The summed E-state index contributed by atoms with van der Waals surface area (Å²) in [5, 5.41) is 0.591. The fraction of sp³-hybridized carbons (Fsp3) is 0.520. The van der Waals surface area contributed by atoms with Crippen LogP contribution in [0.2, 0.25) is 0 Å². The first kappa shape index (κ1) is 26.2. The highest BCUT2D eigenvalue weighted by Gasteiger charge is 2.47. The van der Waals surface area contributed by atoms with Gasteiger partial charge >= 0.3 is 6.09 Å². The lowest BCUT2D eigenvalue weighted by atomic mass is 10.1.